The van der Waals surface area contributed by atoms with Gasteiger partial charge in [0.15, 0.2) is 0 Å². The Balaban J connectivity index is 2.03. The molecule has 110 valence electrons. The third kappa shape index (κ3) is 3.23. The molecule has 1 aromatic heterocycles. The number of H-pyrrole nitrogens is 1. The molecule has 0 aliphatic heterocycles. The molecular formula is C13H14N4O4. The molecule has 0 bridgehead atoms. The van der Waals surface area contributed by atoms with Crippen LogP contribution in [0, 0.1) is 17.0 Å². The van der Waals surface area contributed by atoms with Crippen molar-refractivity contribution in [3.8, 4) is 0 Å². The van der Waals surface area contributed by atoms with Gasteiger partial charge >= 0.3 is 5.69 Å². The van der Waals surface area contributed by atoms with Crippen LogP contribution in [0.15, 0.2) is 30.5 Å². The van der Waals surface area contributed by atoms with E-state index in [1.165, 1.54) is 0 Å². The molecule has 0 aliphatic carbocycles. The monoisotopic (exact) mass is 290 g/mol. The van der Waals surface area contributed by atoms with Gasteiger partial charge in [-0.05, 0) is 18.1 Å². The van der Waals surface area contributed by atoms with E-state index in [2.05, 4.69) is 15.5 Å². The van der Waals surface area contributed by atoms with Crippen molar-refractivity contribution in [3.05, 3.63) is 57.4 Å². The van der Waals surface area contributed by atoms with Gasteiger partial charge in [0, 0.05) is 6.54 Å². The van der Waals surface area contributed by atoms with Crippen LogP contribution in [-0.4, -0.2) is 32.7 Å². The van der Waals surface area contributed by atoms with Gasteiger partial charge in [-0.25, -0.2) is 0 Å². The van der Waals surface area contributed by atoms with Crippen molar-refractivity contribution in [2.24, 2.45) is 0 Å². The van der Waals surface area contributed by atoms with E-state index in [1.807, 2.05) is 19.1 Å². The van der Waals surface area contributed by atoms with Crippen LogP contribution in [0.2, 0.25) is 0 Å². The highest BCUT2D eigenvalue weighted by Gasteiger charge is 2.23. The van der Waals surface area contributed by atoms with Gasteiger partial charge < -0.3 is 10.4 Å². The molecule has 1 amide bonds. The fourth-order valence-corrected chi connectivity index (χ4v) is 1.93. The Bertz CT molecular complexity index is 668. The fourth-order valence-electron chi connectivity index (χ4n) is 1.93. The van der Waals surface area contributed by atoms with Crippen LogP contribution >= 0.6 is 0 Å². The number of aliphatic hydroxyl groups excluding tert-OH is 1. The first-order valence-electron chi connectivity index (χ1n) is 6.20. The molecule has 8 nitrogen and oxygen atoms in total. The summed E-state index contributed by atoms with van der Waals surface area (Å²) in [5.74, 6) is -0.688. The number of aromatic amines is 1. The molecule has 0 aliphatic rings. The molecule has 1 heterocycles. The van der Waals surface area contributed by atoms with Crippen molar-refractivity contribution in [1.82, 2.24) is 15.5 Å². The second kappa shape index (κ2) is 6.14. The number of hydrogen-bond donors (Lipinski definition) is 3. The van der Waals surface area contributed by atoms with E-state index in [-0.39, 0.29) is 12.2 Å². The molecule has 1 unspecified atom stereocenters. The van der Waals surface area contributed by atoms with Gasteiger partial charge in [-0.15, -0.1) is 0 Å². The van der Waals surface area contributed by atoms with Crippen LogP contribution in [0.3, 0.4) is 0 Å². The normalized spacial score (nSPS) is 11.9. The number of aliphatic hydroxyl groups is 1. The van der Waals surface area contributed by atoms with Crippen molar-refractivity contribution in [1.29, 1.82) is 0 Å². The molecule has 0 saturated carbocycles. The first-order valence-corrected chi connectivity index (χ1v) is 6.20. The number of nitro groups is 1. The van der Waals surface area contributed by atoms with Gasteiger partial charge in [0.25, 0.3) is 5.91 Å². The molecule has 3 N–H and O–H groups in total. The maximum atomic E-state index is 11.9. The summed E-state index contributed by atoms with van der Waals surface area (Å²) in [6.45, 7) is 1.79. The summed E-state index contributed by atoms with van der Waals surface area (Å²) in [6.07, 6.45) is 0.0734. The molecule has 1 aromatic carbocycles. The van der Waals surface area contributed by atoms with Crippen molar-refractivity contribution in [3.63, 3.8) is 0 Å². The Labute approximate surface area is 120 Å². The van der Waals surface area contributed by atoms with E-state index in [1.54, 1.807) is 12.1 Å². The number of aryl methyl sites for hydroxylation is 1. The topological polar surface area (TPSA) is 121 Å². The zero-order valence-corrected chi connectivity index (χ0v) is 11.2. The quantitative estimate of drug-likeness (QED) is 0.562. The van der Waals surface area contributed by atoms with Crippen LogP contribution in [0.5, 0.6) is 0 Å². The van der Waals surface area contributed by atoms with Gasteiger partial charge in [0.2, 0.25) is 5.69 Å². The lowest BCUT2D eigenvalue weighted by molar-refractivity contribution is -0.385. The first kappa shape index (κ1) is 14.7. The maximum absolute atomic E-state index is 11.9. The van der Waals surface area contributed by atoms with E-state index in [0.29, 0.717) is 5.56 Å². The van der Waals surface area contributed by atoms with Crippen molar-refractivity contribution < 1.29 is 14.8 Å². The summed E-state index contributed by atoms with van der Waals surface area (Å²) in [5, 5.41) is 29.0. The molecule has 1 atom stereocenters. The zero-order chi connectivity index (χ0) is 15.4. The third-order valence-corrected chi connectivity index (χ3v) is 3.05. The van der Waals surface area contributed by atoms with E-state index in [0.717, 1.165) is 11.8 Å². The van der Waals surface area contributed by atoms with Gasteiger partial charge in [-0.3, -0.25) is 20.0 Å². The number of carbonyl (C=O) groups is 1. The number of rotatable bonds is 5. The fraction of sp³-hybridized carbons (Fsp3) is 0.231. The van der Waals surface area contributed by atoms with Crippen LogP contribution < -0.4 is 5.32 Å². The Morgan fingerprint density at radius 2 is 2.24 bits per heavy atom. The zero-order valence-electron chi connectivity index (χ0n) is 11.2. The Morgan fingerprint density at radius 3 is 2.90 bits per heavy atom. The van der Waals surface area contributed by atoms with Crippen molar-refractivity contribution >= 4 is 11.6 Å². The predicted molar refractivity (Wildman–Crippen MR) is 73.7 cm³/mol. The summed E-state index contributed by atoms with van der Waals surface area (Å²) in [6, 6.07) is 7.23. The first-order chi connectivity index (χ1) is 10.0. The lowest BCUT2D eigenvalue weighted by atomic mass is 10.0. The summed E-state index contributed by atoms with van der Waals surface area (Å²) >= 11 is 0. The number of aromatic nitrogens is 2. The summed E-state index contributed by atoms with van der Waals surface area (Å²) in [5.41, 5.74) is 0.943. The maximum Gasteiger partial charge on any atom is 0.319 e. The van der Waals surface area contributed by atoms with E-state index in [9.17, 15) is 20.0 Å². The lowest BCUT2D eigenvalue weighted by Gasteiger charge is -2.14. The molecule has 2 rings (SSSR count). The minimum absolute atomic E-state index is 0.0557. The average Bonchev–Trinajstić information content (AvgIpc) is 2.94. The third-order valence-electron chi connectivity index (χ3n) is 3.05. The summed E-state index contributed by atoms with van der Waals surface area (Å²) in [7, 11) is 0. The Morgan fingerprint density at radius 1 is 1.52 bits per heavy atom. The highest BCUT2D eigenvalue weighted by atomic mass is 16.6. The van der Waals surface area contributed by atoms with Gasteiger partial charge in [-0.2, -0.15) is 5.10 Å². The molecular weight excluding hydrogens is 276 g/mol. The molecule has 2 aromatic rings. The van der Waals surface area contributed by atoms with Gasteiger partial charge in [-0.1, -0.05) is 24.3 Å². The van der Waals surface area contributed by atoms with Crippen LogP contribution in [0.1, 0.15) is 27.7 Å². The summed E-state index contributed by atoms with van der Waals surface area (Å²) in [4.78, 5) is 21.9. The number of amides is 1. The second-order valence-corrected chi connectivity index (χ2v) is 4.47. The predicted octanol–water partition coefficient (Wildman–Crippen LogP) is 1.09. The van der Waals surface area contributed by atoms with Crippen molar-refractivity contribution in [2.75, 3.05) is 6.54 Å². The van der Waals surface area contributed by atoms with Gasteiger partial charge in [0.05, 0.1) is 11.0 Å². The highest BCUT2D eigenvalue weighted by molar-refractivity contribution is 5.95. The summed E-state index contributed by atoms with van der Waals surface area (Å²) < 4.78 is 0. The van der Waals surface area contributed by atoms with Crippen LogP contribution in [0.4, 0.5) is 5.69 Å². The standard InChI is InChI=1S/C13H14N4O4/c1-8-4-2-3-5-9(8)11(18)7-14-13(19)12-10(17(20)21)6-15-16-12/h2-6,11,18H,7H2,1H3,(H,14,19)(H,15,16). The molecule has 21 heavy (non-hydrogen) atoms. The molecule has 8 heteroatoms. The lowest BCUT2D eigenvalue weighted by Crippen LogP contribution is -2.29. The average molecular weight is 290 g/mol. The van der Waals surface area contributed by atoms with Crippen molar-refractivity contribution in [2.45, 2.75) is 13.0 Å². The van der Waals surface area contributed by atoms with Crippen LogP contribution in [-0.2, 0) is 0 Å². The number of hydrogen-bond acceptors (Lipinski definition) is 5. The van der Waals surface area contributed by atoms with E-state index >= 15 is 0 Å². The SMILES string of the molecule is Cc1ccccc1C(O)CNC(=O)c1[nH]ncc1[N+](=O)[O-]. The Hall–Kier alpha value is -2.74. The number of nitrogens with zero attached hydrogens (tertiary/aromatic N) is 2. The van der Waals surface area contributed by atoms with Crippen LogP contribution in [0.25, 0.3) is 0 Å². The number of carbonyl (C=O) groups excluding carboxylic acids is 1. The molecule has 0 saturated heterocycles. The van der Waals surface area contributed by atoms with Gasteiger partial charge in [0.1, 0.15) is 6.20 Å². The molecule has 0 fully saturated rings. The highest BCUT2D eigenvalue weighted by Crippen LogP contribution is 2.17. The minimum Gasteiger partial charge on any atom is -0.387 e. The van der Waals surface area contributed by atoms with E-state index < -0.39 is 22.6 Å². The Kier molecular flexibility index (Phi) is 4.29. The van der Waals surface area contributed by atoms with E-state index in [4.69, 9.17) is 0 Å². The number of nitrogens with one attached hydrogen (secondary N) is 2. The minimum atomic E-state index is -0.892. The number of benzene rings is 1. The largest absolute Gasteiger partial charge is 0.387 e. The smallest absolute Gasteiger partial charge is 0.319 e. The molecule has 0 spiro atoms. The second-order valence-electron chi connectivity index (χ2n) is 4.47. The molecule has 0 radical (unpaired) electrons.